The van der Waals surface area contributed by atoms with E-state index >= 15 is 0 Å². The fourth-order valence-electron chi connectivity index (χ4n) is 2.60. The van der Waals surface area contributed by atoms with E-state index in [4.69, 9.17) is 4.98 Å². The lowest BCUT2D eigenvalue weighted by atomic mass is 10.3. The smallest absolute Gasteiger partial charge is 0.180 e. The van der Waals surface area contributed by atoms with Gasteiger partial charge < -0.3 is 14.6 Å². The Hall–Kier alpha value is -1.78. The highest BCUT2D eigenvalue weighted by Crippen LogP contribution is 2.38. The van der Waals surface area contributed by atoms with Crippen LogP contribution < -0.4 is 10.2 Å². The normalized spacial score (nSPS) is 18.8. The Balaban J connectivity index is 1.79. The van der Waals surface area contributed by atoms with E-state index in [1.807, 2.05) is 25.6 Å². The first kappa shape index (κ1) is 11.1. The van der Waals surface area contributed by atoms with Crippen LogP contribution in [0.25, 0.3) is 5.65 Å². The molecule has 2 saturated carbocycles. The number of fused-ring (bicyclic) bond motifs is 1. The average Bonchev–Trinajstić information content (AvgIpc) is 3.33. The third kappa shape index (κ3) is 2.03. The van der Waals surface area contributed by atoms with Crippen molar-refractivity contribution < 1.29 is 0 Å². The molecule has 4 rings (SSSR count). The predicted octanol–water partition coefficient (Wildman–Crippen LogP) is 2.15. The molecule has 0 bridgehead atoms. The molecule has 0 radical (unpaired) electrons. The van der Waals surface area contributed by atoms with Crippen LogP contribution in [0.15, 0.2) is 18.6 Å². The number of aromatic nitrogens is 3. The van der Waals surface area contributed by atoms with Gasteiger partial charge in [0.25, 0.3) is 0 Å². The van der Waals surface area contributed by atoms with E-state index in [0.29, 0.717) is 6.04 Å². The Morgan fingerprint density at radius 3 is 2.89 bits per heavy atom. The van der Waals surface area contributed by atoms with Gasteiger partial charge in [-0.25, -0.2) is 9.97 Å². The molecule has 2 fully saturated rings. The standard InChI is InChI=1S/C14H19N5/c1-15-12-9-18-7-6-16-13(18)14(17-12)19(11-4-5-11)8-10-2-3-10/h6-7,9-11,15H,2-5,8H2,1H3. The van der Waals surface area contributed by atoms with Crippen LogP contribution in [0.4, 0.5) is 11.6 Å². The van der Waals surface area contributed by atoms with E-state index in [2.05, 4.69) is 19.6 Å². The largest absolute Gasteiger partial charge is 0.372 e. The number of nitrogens with one attached hydrogen (secondary N) is 1. The van der Waals surface area contributed by atoms with Crippen molar-refractivity contribution in [3.05, 3.63) is 18.6 Å². The van der Waals surface area contributed by atoms with Crippen molar-refractivity contribution in [2.45, 2.75) is 31.7 Å². The molecule has 0 saturated heterocycles. The van der Waals surface area contributed by atoms with Crippen molar-refractivity contribution in [3.63, 3.8) is 0 Å². The lowest BCUT2D eigenvalue weighted by Gasteiger charge is -2.24. The first-order valence-electron chi connectivity index (χ1n) is 7.13. The van der Waals surface area contributed by atoms with Crippen molar-refractivity contribution in [2.75, 3.05) is 23.8 Å². The van der Waals surface area contributed by atoms with Gasteiger partial charge in [0.05, 0.1) is 6.20 Å². The van der Waals surface area contributed by atoms with Crippen molar-refractivity contribution in [2.24, 2.45) is 5.92 Å². The topological polar surface area (TPSA) is 45.5 Å². The Kier molecular flexibility index (Phi) is 2.40. The number of hydrogen-bond acceptors (Lipinski definition) is 4. The zero-order valence-corrected chi connectivity index (χ0v) is 11.2. The summed E-state index contributed by atoms with van der Waals surface area (Å²) in [4.78, 5) is 11.7. The first-order chi connectivity index (χ1) is 9.35. The predicted molar refractivity (Wildman–Crippen MR) is 75.6 cm³/mol. The van der Waals surface area contributed by atoms with Gasteiger partial charge >= 0.3 is 0 Å². The third-order valence-corrected chi connectivity index (χ3v) is 4.02. The van der Waals surface area contributed by atoms with Gasteiger partial charge in [0.1, 0.15) is 5.82 Å². The number of rotatable bonds is 5. The Labute approximate surface area is 112 Å². The summed E-state index contributed by atoms with van der Waals surface area (Å²) < 4.78 is 2.07. The van der Waals surface area contributed by atoms with Gasteiger partial charge in [-0.15, -0.1) is 0 Å². The molecule has 2 aromatic heterocycles. The van der Waals surface area contributed by atoms with E-state index in [9.17, 15) is 0 Å². The highest BCUT2D eigenvalue weighted by molar-refractivity contribution is 5.67. The Morgan fingerprint density at radius 2 is 2.21 bits per heavy atom. The molecule has 2 aliphatic carbocycles. The molecule has 0 aromatic carbocycles. The molecule has 0 spiro atoms. The second kappa shape index (κ2) is 4.11. The number of nitrogens with zero attached hydrogens (tertiary/aromatic N) is 4. The second-order valence-corrected chi connectivity index (χ2v) is 5.68. The second-order valence-electron chi connectivity index (χ2n) is 5.68. The minimum absolute atomic E-state index is 0.681. The SMILES string of the molecule is CNc1cn2ccnc2c(N(CC2CC2)C2CC2)n1. The minimum Gasteiger partial charge on any atom is -0.372 e. The molecule has 0 amide bonds. The summed E-state index contributed by atoms with van der Waals surface area (Å²) in [5.74, 6) is 2.82. The lowest BCUT2D eigenvalue weighted by molar-refractivity contribution is 0.709. The quantitative estimate of drug-likeness (QED) is 0.891. The molecule has 2 heterocycles. The summed E-state index contributed by atoms with van der Waals surface area (Å²) in [7, 11) is 1.91. The zero-order chi connectivity index (χ0) is 12.8. The molecule has 2 aliphatic rings. The fourth-order valence-corrected chi connectivity index (χ4v) is 2.60. The summed E-state index contributed by atoms with van der Waals surface area (Å²) in [5, 5.41) is 3.15. The molecule has 2 aromatic rings. The van der Waals surface area contributed by atoms with Crippen LogP contribution in [0.1, 0.15) is 25.7 Å². The van der Waals surface area contributed by atoms with Gasteiger partial charge in [-0.3, -0.25) is 0 Å². The van der Waals surface area contributed by atoms with Crippen LogP contribution in [-0.2, 0) is 0 Å². The van der Waals surface area contributed by atoms with E-state index in [-0.39, 0.29) is 0 Å². The maximum Gasteiger partial charge on any atom is 0.180 e. The van der Waals surface area contributed by atoms with Crippen molar-refractivity contribution in [1.29, 1.82) is 0 Å². The monoisotopic (exact) mass is 257 g/mol. The first-order valence-corrected chi connectivity index (χ1v) is 7.13. The maximum absolute atomic E-state index is 4.77. The summed E-state index contributed by atoms with van der Waals surface area (Å²) in [6.07, 6.45) is 11.2. The number of hydrogen-bond donors (Lipinski definition) is 1. The molecule has 0 aliphatic heterocycles. The molecule has 0 atom stereocenters. The summed E-state index contributed by atoms with van der Waals surface area (Å²) in [6, 6.07) is 0.681. The molecular formula is C14H19N5. The highest BCUT2D eigenvalue weighted by atomic mass is 15.3. The summed E-state index contributed by atoms with van der Waals surface area (Å²) in [6.45, 7) is 1.15. The molecule has 5 heteroatoms. The number of anilines is 2. The van der Waals surface area contributed by atoms with Gasteiger partial charge in [0.2, 0.25) is 0 Å². The van der Waals surface area contributed by atoms with E-state index in [0.717, 1.165) is 29.7 Å². The summed E-state index contributed by atoms with van der Waals surface area (Å²) >= 11 is 0. The van der Waals surface area contributed by atoms with E-state index in [1.54, 1.807) is 0 Å². The number of imidazole rings is 1. The molecular weight excluding hydrogens is 238 g/mol. The van der Waals surface area contributed by atoms with Gasteiger partial charge in [0.15, 0.2) is 11.5 Å². The molecule has 0 unspecified atom stereocenters. The van der Waals surface area contributed by atoms with Crippen LogP contribution in [0.2, 0.25) is 0 Å². The Morgan fingerprint density at radius 1 is 1.37 bits per heavy atom. The lowest BCUT2D eigenvalue weighted by Crippen LogP contribution is -2.29. The molecule has 1 N–H and O–H groups in total. The molecule has 19 heavy (non-hydrogen) atoms. The van der Waals surface area contributed by atoms with Gasteiger partial charge in [-0.2, -0.15) is 0 Å². The minimum atomic E-state index is 0.681. The molecule has 5 nitrogen and oxygen atoms in total. The van der Waals surface area contributed by atoms with Crippen molar-refractivity contribution in [1.82, 2.24) is 14.4 Å². The van der Waals surface area contributed by atoms with Gasteiger partial charge in [0, 0.05) is 32.0 Å². The van der Waals surface area contributed by atoms with Crippen LogP contribution in [0.3, 0.4) is 0 Å². The van der Waals surface area contributed by atoms with Crippen molar-refractivity contribution in [3.8, 4) is 0 Å². The average molecular weight is 257 g/mol. The Bertz CT molecular complexity index is 597. The van der Waals surface area contributed by atoms with Crippen LogP contribution >= 0.6 is 0 Å². The van der Waals surface area contributed by atoms with Gasteiger partial charge in [-0.05, 0) is 31.6 Å². The highest BCUT2D eigenvalue weighted by Gasteiger charge is 2.35. The van der Waals surface area contributed by atoms with Crippen LogP contribution in [-0.4, -0.2) is 34.0 Å². The fraction of sp³-hybridized carbons (Fsp3) is 0.571. The summed E-state index contributed by atoms with van der Waals surface area (Å²) in [5.41, 5.74) is 0.978. The van der Waals surface area contributed by atoms with Crippen LogP contribution in [0, 0.1) is 5.92 Å². The van der Waals surface area contributed by atoms with E-state index < -0.39 is 0 Å². The molecule has 100 valence electrons. The van der Waals surface area contributed by atoms with Crippen LogP contribution in [0.5, 0.6) is 0 Å². The maximum atomic E-state index is 4.77. The van der Waals surface area contributed by atoms with Gasteiger partial charge in [-0.1, -0.05) is 0 Å². The third-order valence-electron chi connectivity index (χ3n) is 4.02. The van der Waals surface area contributed by atoms with Crippen molar-refractivity contribution >= 4 is 17.3 Å². The zero-order valence-electron chi connectivity index (χ0n) is 11.2. The van der Waals surface area contributed by atoms with E-state index in [1.165, 1.54) is 25.7 Å².